The van der Waals surface area contributed by atoms with Crippen LogP contribution in [0.3, 0.4) is 0 Å². The topological polar surface area (TPSA) is 24.9 Å². The molecule has 1 aromatic heterocycles. The van der Waals surface area contributed by atoms with E-state index in [1.165, 1.54) is 4.88 Å². The SMILES string of the molecule is CCCNC(C)c1sc(-c2ccc(Cl)cc2)nc1C. The molecule has 102 valence electrons. The standard InChI is InChI=1S/C15H19ClN2S/c1-4-9-17-10(2)14-11(3)18-15(19-14)12-5-7-13(16)8-6-12/h5-8,10,17H,4,9H2,1-3H3. The maximum absolute atomic E-state index is 5.92. The van der Waals surface area contributed by atoms with E-state index in [4.69, 9.17) is 11.6 Å². The van der Waals surface area contributed by atoms with Crippen LogP contribution >= 0.6 is 22.9 Å². The van der Waals surface area contributed by atoms with Gasteiger partial charge in [-0.25, -0.2) is 4.98 Å². The Hall–Kier alpha value is -0.900. The first-order chi connectivity index (χ1) is 9.11. The molecule has 1 heterocycles. The Kier molecular flexibility index (Phi) is 4.97. The van der Waals surface area contributed by atoms with Crippen LogP contribution in [-0.2, 0) is 0 Å². The fraction of sp³-hybridized carbons (Fsp3) is 0.400. The molecule has 0 radical (unpaired) electrons. The molecule has 0 aliphatic carbocycles. The summed E-state index contributed by atoms with van der Waals surface area (Å²) in [5.74, 6) is 0. The van der Waals surface area contributed by atoms with E-state index in [2.05, 4.69) is 31.1 Å². The molecule has 2 rings (SSSR count). The van der Waals surface area contributed by atoms with Crippen molar-refractivity contribution >= 4 is 22.9 Å². The molecule has 2 nitrogen and oxygen atoms in total. The molecule has 1 N–H and O–H groups in total. The van der Waals surface area contributed by atoms with Gasteiger partial charge in [0.05, 0.1) is 5.69 Å². The number of aryl methyl sites for hydroxylation is 1. The molecule has 0 bridgehead atoms. The second-order valence-corrected chi connectivity index (χ2v) is 6.12. The predicted molar refractivity (Wildman–Crippen MR) is 84.0 cm³/mol. The summed E-state index contributed by atoms with van der Waals surface area (Å²) in [5, 5.41) is 5.34. The van der Waals surface area contributed by atoms with Crippen LogP contribution in [-0.4, -0.2) is 11.5 Å². The summed E-state index contributed by atoms with van der Waals surface area (Å²) in [6, 6.07) is 8.22. The van der Waals surface area contributed by atoms with Gasteiger partial charge in [0.1, 0.15) is 5.01 Å². The fourth-order valence-electron chi connectivity index (χ4n) is 1.98. The van der Waals surface area contributed by atoms with Crippen molar-refractivity contribution in [3.05, 3.63) is 39.9 Å². The number of halogens is 1. The molecule has 1 aromatic carbocycles. The number of benzene rings is 1. The van der Waals surface area contributed by atoms with Gasteiger partial charge in [0.25, 0.3) is 0 Å². The molecule has 0 amide bonds. The normalized spacial score (nSPS) is 12.6. The number of nitrogens with zero attached hydrogens (tertiary/aromatic N) is 1. The lowest BCUT2D eigenvalue weighted by atomic mass is 10.2. The van der Waals surface area contributed by atoms with Crippen LogP contribution in [0.2, 0.25) is 5.02 Å². The molecule has 0 aliphatic heterocycles. The van der Waals surface area contributed by atoms with Crippen molar-refractivity contribution in [1.82, 2.24) is 10.3 Å². The number of aromatic nitrogens is 1. The van der Waals surface area contributed by atoms with Gasteiger partial charge in [0.15, 0.2) is 0 Å². The third kappa shape index (κ3) is 3.56. The van der Waals surface area contributed by atoms with Crippen molar-refractivity contribution in [2.45, 2.75) is 33.2 Å². The first kappa shape index (κ1) is 14.5. The molecule has 1 unspecified atom stereocenters. The molecule has 0 saturated carbocycles. The van der Waals surface area contributed by atoms with Gasteiger partial charge in [-0.1, -0.05) is 30.7 Å². The first-order valence-corrected chi connectivity index (χ1v) is 7.78. The smallest absolute Gasteiger partial charge is 0.123 e. The van der Waals surface area contributed by atoms with E-state index in [0.717, 1.165) is 34.3 Å². The lowest BCUT2D eigenvalue weighted by Gasteiger charge is -2.11. The first-order valence-electron chi connectivity index (χ1n) is 6.58. The Morgan fingerprint density at radius 2 is 2.00 bits per heavy atom. The largest absolute Gasteiger partial charge is 0.309 e. The number of thiazole rings is 1. The van der Waals surface area contributed by atoms with Crippen molar-refractivity contribution < 1.29 is 0 Å². The van der Waals surface area contributed by atoms with E-state index in [1.54, 1.807) is 11.3 Å². The maximum Gasteiger partial charge on any atom is 0.123 e. The highest BCUT2D eigenvalue weighted by molar-refractivity contribution is 7.15. The Labute approximate surface area is 123 Å². The van der Waals surface area contributed by atoms with Crippen LogP contribution in [0.15, 0.2) is 24.3 Å². The molecule has 19 heavy (non-hydrogen) atoms. The van der Waals surface area contributed by atoms with Gasteiger partial charge in [-0.2, -0.15) is 0 Å². The highest BCUT2D eigenvalue weighted by Gasteiger charge is 2.14. The minimum atomic E-state index is 0.360. The van der Waals surface area contributed by atoms with Gasteiger partial charge in [-0.05, 0) is 38.9 Å². The summed E-state index contributed by atoms with van der Waals surface area (Å²) in [6.07, 6.45) is 1.15. The summed E-state index contributed by atoms with van der Waals surface area (Å²) in [4.78, 5) is 5.99. The number of rotatable bonds is 5. The number of hydrogen-bond donors (Lipinski definition) is 1. The van der Waals surface area contributed by atoms with Crippen LogP contribution in [0.4, 0.5) is 0 Å². The van der Waals surface area contributed by atoms with Crippen LogP contribution in [0.5, 0.6) is 0 Å². The van der Waals surface area contributed by atoms with E-state index in [-0.39, 0.29) is 0 Å². The van der Waals surface area contributed by atoms with Gasteiger partial charge < -0.3 is 5.32 Å². The van der Waals surface area contributed by atoms with E-state index < -0.39 is 0 Å². The van der Waals surface area contributed by atoms with Crippen LogP contribution in [0, 0.1) is 6.92 Å². The predicted octanol–water partition coefficient (Wildman–Crippen LogP) is 4.83. The quantitative estimate of drug-likeness (QED) is 0.854. The van der Waals surface area contributed by atoms with E-state index in [1.807, 2.05) is 24.3 Å². The zero-order valence-corrected chi connectivity index (χ0v) is 13.1. The van der Waals surface area contributed by atoms with Crippen molar-refractivity contribution in [1.29, 1.82) is 0 Å². The van der Waals surface area contributed by atoms with Gasteiger partial charge >= 0.3 is 0 Å². The van der Waals surface area contributed by atoms with E-state index >= 15 is 0 Å². The van der Waals surface area contributed by atoms with Crippen LogP contribution < -0.4 is 5.32 Å². The molecule has 0 spiro atoms. The summed E-state index contributed by atoms with van der Waals surface area (Å²) >= 11 is 7.68. The van der Waals surface area contributed by atoms with Crippen molar-refractivity contribution in [2.75, 3.05) is 6.54 Å². The monoisotopic (exact) mass is 294 g/mol. The number of nitrogens with one attached hydrogen (secondary N) is 1. The van der Waals surface area contributed by atoms with Crippen LogP contribution in [0.1, 0.15) is 36.9 Å². The van der Waals surface area contributed by atoms with Gasteiger partial charge in [0, 0.05) is 21.5 Å². The third-order valence-electron chi connectivity index (χ3n) is 3.02. The van der Waals surface area contributed by atoms with Gasteiger partial charge in [-0.15, -0.1) is 11.3 Å². The van der Waals surface area contributed by atoms with E-state index in [9.17, 15) is 0 Å². The Morgan fingerprint density at radius 1 is 1.32 bits per heavy atom. The Balaban J connectivity index is 2.23. The fourth-order valence-corrected chi connectivity index (χ4v) is 3.20. The molecule has 0 fully saturated rings. The van der Waals surface area contributed by atoms with Crippen LogP contribution in [0.25, 0.3) is 10.6 Å². The molecule has 2 aromatic rings. The summed E-state index contributed by atoms with van der Waals surface area (Å²) < 4.78 is 0. The molecular weight excluding hydrogens is 276 g/mol. The van der Waals surface area contributed by atoms with Gasteiger partial charge in [0.2, 0.25) is 0 Å². The Bertz CT molecular complexity index is 534. The van der Waals surface area contributed by atoms with E-state index in [0.29, 0.717) is 6.04 Å². The minimum absolute atomic E-state index is 0.360. The van der Waals surface area contributed by atoms with Crippen molar-refractivity contribution in [3.63, 3.8) is 0 Å². The average molecular weight is 295 g/mol. The van der Waals surface area contributed by atoms with Gasteiger partial charge in [-0.3, -0.25) is 0 Å². The maximum atomic E-state index is 5.92. The molecular formula is C15H19ClN2S. The average Bonchev–Trinajstić information content (AvgIpc) is 2.79. The summed E-state index contributed by atoms with van der Waals surface area (Å²) in [5.41, 5.74) is 2.25. The molecule has 1 atom stereocenters. The molecule has 0 aliphatic rings. The highest BCUT2D eigenvalue weighted by Crippen LogP contribution is 2.32. The second-order valence-electron chi connectivity index (χ2n) is 4.65. The Morgan fingerprint density at radius 3 is 2.63 bits per heavy atom. The minimum Gasteiger partial charge on any atom is -0.309 e. The highest BCUT2D eigenvalue weighted by atomic mass is 35.5. The number of hydrogen-bond acceptors (Lipinski definition) is 3. The molecule has 0 saturated heterocycles. The van der Waals surface area contributed by atoms with Crippen molar-refractivity contribution in [3.8, 4) is 10.6 Å². The lowest BCUT2D eigenvalue weighted by molar-refractivity contribution is 0.575. The summed E-state index contributed by atoms with van der Waals surface area (Å²) in [6.45, 7) is 7.49. The zero-order valence-electron chi connectivity index (χ0n) is 11.5. The second kappa shape index (κ2) is 6.51. The summed E-state index contributed by atoms with van der Waals surface area (Å²) in [7, 11) is 0. The van der Waals surface area contributed by atoms with Crippen molar-refractivity contribution in [2.24, 2.45) is 0 Å². The lowest BCUT2D eigenvalue weighted by Crippen LogP contribution is -2.18. The third-order valence-corrected chi connectivity index (χ3v) is 4.66. The molecule has 4 heteroatoms. The zero-order chi connectivity index (χ0) is 13.8.